The molecule has 2 heterocycles. The van der Waals surface area contributed by atoms with Crippen molar-refractivity contribution in [3.8, 4) is 0 Å². The number of carbonyl (C=O) groups excluding carboxylic acids is 2. The average molecular weight is 828 g/mol. The third-order valence-corrected chi connectivity index (χ3v) is 13.1. The first-order valence-corrected chi connectivity index (χ1v) is 25.9. The van der Waals surface area contributed by atoms with Gasteiger partial charge in [0.05, 0.1) is 0 Å². The molecule has 0 aliphatic carbocycles. The van der Waals surface area contributed by atoms with E-state index in [1.807, 2.05) is 0 Å². The van der Waals surface area contributed by atoms with Crippen molar-refractivity contribution in [2.24, 2.45) is 0 Å². The molecule has 7 heteroatoms. The van der Waals surface area contributed by atoms with Gasteiger partial charge < -0.3 is 19.3 Å². The Hall–Kier alpha value is -1.70. The molecule has 0 radical (unpaired) electrons. The van der Waals surface area contributed by atoms with Crippen molar-refractivity contribution < 1.29 is 19.1 Å². The second-order valence-corrected chi connectivity index (χ2v) is 18.1. The molecule has 0 spiro atoms. The largest absolute Gasteiger partial charge is 0.464 e. The number of carbonyl (C=O) groups is 2. The van der Waals surface area contributed by atoms with E-state index in [4.69, 9.17) is 9.47 Å². The number of allylic oxidation sites excluding steroid dienone is 4. The van der Waals surface area contributed by atoms with E-state index in [2.05, 4.69) is 59.8 Å². The Morgan fingerprint density at radius 1 is 0.492 bits per heavy atom. The van der Waals surface area contributed by atoms with Gasteiger partial charge in [0.25, 0.3) is 0 Å². The molecule has 2 fully saturated rings. The smallest absolute Gasteiger partial charge is 0.305 e. The van der Waals surface area contributed by atoms with Gasteiger partial charge in [-0.15, -0.1) is 0 Å². The van der Waals surface area contributed by atoms with Crippen LogP contribution in [0.5, 0.6) is 0 Å². The fourth-order valence-corrected chi connectivity index (χ4v) is 9.07. The summed E-state index contributed by atoms with van der Waals surface area (Å²) in [6, 6.07) is 1.15. The Morgan fingerprint density at radius 2 is 0.864 bits per heavy atom. The minimum absolute atomic E-state index is 0.0674. The minimum Gasteiger partial charge on any atom is -0.464 e. The number of hydrogen-bond donors (Lipinski definition) is 0. The van der Waals surface area contributed by atoms with Crippen LogP contribution >= 0.6 is 0 Å². The van der Waals surface area contributed by atoms with Crippen LogP contribution in [-0.4, -0.2) is 97.7 Å². The Balaban J connectivity index is 1.59. The van der Waals surface area contributed by atoms with Crippen LogP contribution in [0.4, 0.5) is 0 Å². The highest BCUT2D eigenvalue weighted by molar-refractivity contribution is 5.69. The van der Waals surface area contributed by atoms with Gasteiger partial charge in [0.2, 0.25) is 0 Å². The zero-order valence-corrected chi connectivity index (χ0v) is 39.4. The van der Waals surface area contributed by atoms with Crippen LogP contribution < -0.4 is 0 Å². The predicted octanol–water partition coefficient (Wildman–Crippen LogP) is 13.4. The van der Waals surface area contributed by atoms with Gasteiger partial charge in [0.1, 0.15) is 13.2 Å². The maximum absolute atomic E-state index is 12.7. The number of rotatable bonds is 39. The molecular weight excluding hydrogens is 731 g/mol. The van der Waals surface area contributed by atoms with Gasteiger partial charge in [0, 0.05) is 38.0 Å². The highest BCUT2D eigenvalue weighted by atomic mass is 16.5. The monoisotopic (exact) mass is 828 g/mol. The van der Waals surface area contributed by atoms with E-state index in [9.17, 15) is 9.59 Å². The molecule has 344 valence electrons. The molecule has 2 aliphatic heterocycles. The molecular formula is C52H97N3O4. The van der Waals surface area contributed by atoms with Crippen LogP contribution in [0.2, 0.25) is 0 Å². The maximum atomic E-state index is 12.7. The molecule has 0 saturated carbocycles. The third kappa shape index (κ3) is 30.1. The van der Waals surface area contributed by atoms with Crippen molar-refractivity contribution in [2.75, 3.05) is 59.0 Å². The molecule has 0 aromatic rings. The molecule has 2 rings (SSSR count). The zero-order chi connectivity index (χ0) is 42.3. The van der Waals surface area contributed by atoms with Crippen LogP contribution in [0.25, 0.3) is 0 Å². The summed E-state index contributed by atoms with van der Waals surface area (Å²) in [7, 11) is 0. The van der Waals surface area contributed by atoms with E-state index in [1.54, 1.807) is 0 Å². The third-order valence-electron chi connectivity index (χ3n) is 13.1. The van der Waals surface area contributed by atoms with E-state index in [0.29, 0.717) is 51.2 Å². The molecule has 0 aromatic heterocycles. The van der Waals surface area contributed by atoms with Crippen molar-refractivity contribution in [1.29, 1.82) is 0 Å². The van der Waals surface area contributed by atoms with Gasteiger partial charge >= 0.3 is 11.9 Å². The Kier molecular flexibility index (Phi) is 35.5. The van der Waals surface area contributed by atoms with Crippen LogP contribution in [0.1, 0.15) is 226 Å². The van der Waals surface area contributed by atoms with Gasteiger partial charge in [-0.25, -0.2) is 0 Å². The number of esters is 2. The molecule has 2 aliphatic rings. The summed E-state index contributed by atoms with van der Waals surface area (Å²) in [6.07, 6.45) is 48.0. The topological polar surface area (TPSA) is 62.3 Å². The number of likely N-dealkylation sites (tertiary alicyclic amines) is 2. The lowest BCUT2D eigenvalue weighted by molar-refractivity contribution is -0.145. The van der Waals surface area contributed by atoms with Crippen LogP contribution in [0, 0.1) is 0 Å². The zero-order valence-electron chi connectivity index (χ0n) is 39.4. The Bertz CT molecular complexity index is 959. The lowest BCUT2D eigenvalue weighted by Crippen LogP contribution is -2.52. The molecule has 2 saturated heterocycles. The highest BCUT2D eigenvalue weighted by Gasteiger charge is 2.30. The molecule has 0 N–H and O–H groups in total. The standard InChI is InChI=1S/C52H97N3O4/c1-4-7-9-11-13-15-17-19-21-23-25-27-29-31-33-35-51(56)58-47-45-55(50-39-43-54(44-40-50)49-37-41-53(6-3)42-38-49)46-48-59-52(57)36-34-32-30-28-26-24-22-20-18-16-14-12-10-8-5-2/h19-22,49-50H,4-18,23-48H2,1-3H3/b21-19-,22-20-. The molecule has 0 aromatic carbocycles. The summed E-state index contributed by atoms with van der Waals surface area (Å²) in [6.45, 7) is 14.9. The van der Waals surface area contributed by atoms with E-state index in [-0.39, 0.29) is 11.9 Å². The average Bonchev–Trinajstić information content (AvgIpc) is 3.26. The van der Waals surface area contributed by atoms with Crippen LogP contribution in [0.3, 0.4) is 0 Å². The molecule has 7 nitrogen and oxygen atoms in total. The Labute approximate surface area is 366 Å². The maximum Gasteiger partial charge on any atom is 0.305 e. The van der Waals surface area contributed by atoms with Crippen molar-refractivity contribution >= 4 is 11.9 Å². The van der Waals surface area contributed by atoms with Gasteiger partial charge in [-0.3, -0.25) is 14.5 Å². The van der Waals surface area contributed by atoms with Gasteiger partial charge in [0.15, 0.2) is 0 Å². The Morgan fingerprint density at radius 3 is 1.25 bits per heavy atom. The summed E-state index contributed by atoms with van der Waals surface area (Å²) < 4.78 is 11.5. The van der Waals surface area contributed by atoms with E-state index < -0.39 is 0 Å². The molecule has 59 heavy (non-hydrogen) atoms. The second kappa shape index (κ2) is 39.2. The van der Waals surface area contributed by atoms with Gasteiger partial charge in [-0.2, -0.15) is 0 Å². The lowest BCUT2D eigenvalue weighted by atomic mass is 9.97. The molecule has 0 bridgehead atoms. The fraction of sp³-hybridized carbons (Fsp3) is 0.885. The van der Waals surface area contributed by atoms with Gasteiger partial charge in [-0.05, 0) is 123 Å². The van der Waals surface area contributed by atoms with Crippen molar-refractivity contribution in [3.63, 3.8) is 0 Å². The van der Waals surface area contributed by atoms with Crippen LogP contribution in [0.15, 0.2) is 24.3 Å². The quantitative estimate of drug-likeness (QED) is 0.0347. The molecule has 0 unspecified atom stereocenters. The number of ether oxygens (including phenoxy) is 2. The van der Waals surface area contributed by atoms with E-state index >= 15 is 0 Å². The summed E-state index contributed by atoms with van der Waals surface area (Å²) in [5.41, 5.74) is 0. The SMILES string of the molecule is CCCCCCCC/C=C\CCCCCCCC(=O)OCCN(CCOC(=O)CCCCCCC/C=C\CCCCCCCC)C1CCN(C2CCN(CC)CC2)CC1. The number of piperidine rings is 2. The summed E-state index contributed by atoms with van der Waals surface area (Å²) in [5.74, 6) is -0.135. The molecule has 0 atom stereocenters. The number of nitrogens with zero attached hydrogens (tertiary/aromatic N) is 3. The number of unbranched alkanes of at least 4 members (excludes halogenated alkanes) is 22. The highest BCUT2D eigenvalue weighted by Crippen LogP contribution is 2.24. The summed E-state index contributed by atoms with van der Waals surface area (Å²) >= 11 is 0. The summed E-state index contributed by atoms with van der Waals surface area (Å²) in [4.78, 5) is 33.0. The van der Waals surface area contributed by atoms with E-state index in [1.165, 1.54) is 167 Å². The fourth-order valence-electron chi connectivity index (χ4n) is 9.07. The van der Waals surface area contributed by atoms with Crippen molar-refractivity contribution in [3.05, 3.63) is 24.3 Å². The predicted molar refractivity (Wildman–Crippen MR) is 252 cm³/mol. The molecule has 0 amide bonds. The van der Waals surface area contributed by atoms with Crippen LogP contribution in [-0.2, 0) is 19.1 Å². The van der Waals surface area contributed by atoms with E-state index in [0.717, 1.165) is 58.2 Å². The van der Waals surface area contributed by atoms with Crippen molar-refractivity contribution in [2.45, 2.75) is 238 Å². The summed E-state index contributed by atoms with van der Waals surface area (Å²) in [5, 5.41) is 0. The normalized spacial score (nSPS) is 16.3. The first-order valence-electron chi connectivity index (χ1n) is 25.9. The second-order valence-electron chi connectivity index (χ2n) is 18.1. The minimum atomic E-state index is -0.0674. The first-order chi connectivity index (χ1) is 29.1. The number of hydrogen-bond acceptors (Lipinski definition) is 7. The first kappa shape index (κ1) is 53.4. The van der Waals surface area contributed by atoms with Crippen molar-refractivity contribution in [1.82, 2.24) is 14.7 Å². The van der Waals surface area contributed by atoms with Gasteiger partial charge in [-0.1, -0.05) is 148 Å². The lowest BCUT2D eigenvalue weighted by Gasteiger charge is -2.44.